The SMILES string of the molecule is CCC(=O)NCCC[N+](C)(C)CC(O)COCCC[Si](C)(C)O[Si](C)(C)C. The van der Waals surface area contributed by atoms with Crippen molar-refractivity contribution in [3.8, 4) is 0 Å². The van der Waals surface area contributed by atoms with Crippen LogP contribution < -0.4 is 5.32 Å². The van der Waals surface area contributed by atoms with Gasteiger partial charge in [-0.3, -0.25) is 4.79 Å². The third-order valence-electron chi connectivity index (χ3n) is 4.25. The smallest absolute Gasteiger partial charge is 0.219 e. The van der Waals surface area contributed by atoms with E-state index in [0.717, 1.165) is 29.9 Å². The number of hydrogen-bond donors (Lipinski definition) is 2. The molecule has 0 heterocycles. The van der Waals surface area contributed by atoms with Gasteiger partial charge in [0.05, 0.1) is 27.2 Å². The van der Waals surface area contributed by atoms with E-state index in [-0.39, 0.29) is 5.91 Å². The molecule has 0 aromatic heterocycles. The monoisotopic (exact) mass is 421 g/mol. The Labute approximate surface area is 169 Å². The number of nitrogens with one attached hydrogen (secondary N) is 1. The van der Waals surface area contributed by atoms with Crippen LogP contribution in [0.25, 0.3) is 0 Å². The highest BCUT2D eigenvalue weighted by Crippen LogP contribution is 2.19. The molecule has 0 fully saturated rings. The van der Waals surface area contributed by atoms with Crippen molar-refractivity contribution in [3.05, 3.63) is 0 Å². The van der Waals surface area contributed by atoms with Gasteiger partial charge in [-0.05, 0) is 45.2 Å². The quantitative estimate of drug-likeness (QED) is 0.242. The van der Waals surface area contributed by atoms with Crippen LogP contribution in [0.3, 0.4) is 0 Å². The highest BCUT2D eigenvalue weighted by molar-refractivity contribution is 6.84. The molecule has 27 heavy (non-hydrogen) atoms. The van der Waals surface area contributed by atoms with Gasteiger partial charge in [0.1, 0.15) is 12.6 Å². The molecule has 8 heteroatoms. The molecule has 0 saturated carbocycles. The van der Waals surface area contributed by atoms with Gasteiger partial charge in [0, 0.05) is 26.0 Å². The van der Waals surface area contributed by atoms with E-state index in [9.17, 15) is 9.90 Å². The van der Waals surface area contributed by atoms with E-state index in [4.69, 9.17) is 8.85 Å². The summed E-state index contributed by atoms with van der Waals surface area (Å²) in [6.07, 6.45) is 1.96. The maximum Gasteiger partial charge on any atom is 0.219 e. The molecular formula is C19H45N2O4Si2+. The zero-order valence-electron chi connectivity index (χ0n) is 19.1. The first-order valence-electron chi connectivity index (χ1n) is 10.3. The number of nitrogens with zero attached hydrogens (tertiary/aromatic N) is 1. The highest BCUT2D eigenvalue weighted by Gasteiger charge is 2.29. The van der Waals surface area contributed by atoms with E-state index in [2.05, 4.69) is 52.1 Å². The molecule has 6 nitrogen and oxygen atoms in total. The minimum absolute atomic E-state index is 0.0928. The van der Waals surface area contributed by atoms with Gasteiger partial charge in [0.2, 0.25) is 5.91 Å². The molecule has 0 radical (unpaired) electrons. The lowest BCUT2D eigenvalue weighted by atomic mass is 10.2. The standard InChI is InChI=1S/C19H44N2O4Si2/c1-9-19(23)20-12-10-13-21(2,3)16-18(22)17-24-14-11-15-27(7,8)25-26(4,5)6/h18,22H,9-17H2,1-8H3/p+1. The Morgan fingerprint density at radius 2 is 1.78 bits per heavy atom. The average molecular weight is 422 g/mol. The number of carbonyl (C=O) groups is 1. The van der Waals surface area contributed by atoms with Gasteiger partial charge < -0.3 is 23.8 Å². The zero-order chi connectivity index (χ0) is 21.1. The summed E-state index contributed by atoms with van der Waals surface area (Å²) in [5.41, 5.74) is 0. The number of aliphatic hydroxyl groups is 1. The number of hydrogen-bond acceptors (Lipinski definition) is 4. The maximum atomic E-state index is 11.2. The Morgan fingerprint density at radius 1 is 1.15 bits per heavy atom. The number of amides is 1. The van der Waals surface area contributed by atoms with E-state index in [1.54, 1.807) is 0 Å². The molecule has 0 rings (SSSR count). The van der Waals surface area contributed by atoms with E-state index in [1.807, 2.05) is 6.92 Å². The van der Waals surface area contributed by atoms with Crippen LogP contribution in [0.1, 0.15) is 26.2 Å². The first kappa shape index (κ1) is 26.7. The van der Waals surface area contributed by atoms with E-state index >= 15 is 0 Å². The number of ether oxygens (including phenoxy) is 1. The Balaban J connectivity index is 3.91. The molecule has 0 aromatic rings. The van der Waals surface area contributed by atoms with E-state index in [0.29, 0.717) is 32.7 Å². The molecule has 0 spiro atoms. The molecular weight excluding hydrogens is 376 g/mol. The van der Waals surface area contributed by atoms with Crippen LogP contribution in [-0.4, -0.2) is 85.2 Å². The Morgan fingerprint density at radius 3 is 2.33 bits per heavy atom. The summed E-state index contributed by atoms with van der Waals surface area (Å²) < 4.78 is 12.7. The fourth-order valence-electron chi connectivity index (χ4n) is 3.27. The number of aliphatic hydroxyl groups excluding tert-OH is 1. The van der Waals surface area contributed by atoms with Crippen molar-refractivity contribution in [2.24, 2.45) is 0 Å². The Kier molecular flexibility index (Phi) is 12.2. The molecule has 0 bridgehead atoms. The van der Waals surface area contributed by atoms with Crippen molar-refractivity contribution in [2.45, 2.75) is 71.1 Å². The average Bonchev–Trinajstić information content (AvgIpc) is 2.47. The molecule has 1 unspecified atom stereocenters. The van der Waals surface area contributed by atoms with Gasteiger partial charge in [-0.2, -0.15) is 0 Å². The fourth-order valence-corrected chi connectivity index (χ4v) is 11.3. The van der Waals surface area contributed by atoms with Crippen LogP contribution in [0.15, 0.2) is 0 Å². The van der Waals surface area contributed by atoms with Crippen LogP contribution in [0.4, 0.5) is 0 Å². The third-order valence-corrected chi connectivity index (χ3v) is 10.5. The van der Waals surface area contributed by atoms with E-state index in [1.165, 1.54) is 0 Å². The van der Waals surface area contributed by atoms with Crippen molar-refractivity contribution in [2.75, 3.05) is 46.9 Å². The minimum atomic E-state index is -1.60. The van der Waals surface area contributed by atoms with Crippen LogP contribution in [0.5, 0.6) is 0 Å². The predicted molar refractivity (Wildman–Crippen MR) is 118 cm³/mol. The second kappa shape index (κ2) is 12.3. The molecule has 0 aliphatic heterocycles. The molecule has 2 N–H and O–H groups in total. The van der Waals surface area contributed by atoms with Crippen LogP contribution in [0, 0.1) is 0 Å². The highest BCUT2D eigenvalue weighted by atomic mass is 28.4. The fraction of sp³-hybridized carbons (Fsp3) is 0.947. The first-order valence-corrected chi connectivity index (χ1v) is 16.8. The molecule has 0 aromatic carbocycles. The summed E-state index contributed by atoms with van der Waals surface area (Å²) in [6.45, 7) is 16.5. The van der Waals surface area contributed by atoms with Crippen molar-refractivity contribution < 1.29 is 23.2 Å². The Hall–Kier alpha value is -0.256. The van der Waals surface area contributed by atoms with Crippen LogP contribution >= 0.6 is 0 Å². The van der Waals surface area contributed by atoms with Gasteiger partial charge in [-0.15, -0.1) is 0 Å². The molecule has 0 aliphatic carbocycles. The maximum absolute atomic E-state index is 11.2. The molecule has 0 saturated heterocycles. The Bertz CT molecular complexity index is 426. The summed E-state index contributed by atoms with van der Waals surface area (Å²) >= 11 is 0. The zero-order valence-corrected chi connectivity index (χ0v) is 21.1. The number of carbonyl (C=O) groups excluding carboxylic acids is 1. The van der Waals surface area contributed by atoms with Crippen molar-refractivity contribution in [3.63, 3.8) is 0 Å². The van der Waals surface area contributed by atoms with Crippen molar-refractivity contribution in [1.82, 2.24) is 5.32 Å². The topological polar surface area (TPSA) is 67.8 Å². The molecule has 0 aliphatic rings. The van der Waals surface area contributed by atoms with Gasteiger partial charge in [0.15, 0.2) is 16.6 Å². The molecule has 1 atom stereocenters. The van der Waals surface area contributed by atoms with Gasteiger partial charge in [-0.1, -0.05) is 6.92 Å². The predicted octanol–water partition coefficient (Wildman–Crippen LogP) is 2.80. The molecule has 162 valence electrons. The number of likely N-dealkylation sites (N-methyl/N-ethyl adjacent to an activating group) is 1. The number of rotatable bonds is 15. The summed E-state index contributed by atoms with van der Waals surface area (Å²) in [5, 5.41) is 13.2. The van der Waals surface area contributed by atoms with Crippen LogP contribution in [0.2, 0.25) is 38.8 Å². The summed E-state index contributed by atoms with van der Waals surface area (Å²) in [4.78, 5) is 11.2. The minimum Gasteiger partial charge on any atom is -0.456 e. The normalized spacial score (nSPS) is 14.3. The second-order valence-corrected chi connectivity index (χ2v) is 18.8. The lowest BCUT2D eigenvalue weighted by molar-refractivity contribution is -0.893. The summed E-state index contributed by atoms with van der Waals surface area (Å²) in [5.74, 6) is 0.0928. The first-order chi connectivity index (χ1) is 12.3. The van der Waals surface area contributed by atoms with Gasteiger partial charge >= 0.3 is 0 Å². The molecule has 1 amide bonds. The number of quaternary nitrogens is 1. The van der Waals surface area contributed by atoms with E-state index < -0.39 is 22.7 Å². The largest absolute Gasteiger partial charge is 0.456 e. The van der Waals surface area contributed by atoms with Gasteiger partial charge in [-0.25, -0.2) is 0 Å². The second-order valence-electron chi connectivity index (χ2n) is 9.71. The lowest BCUT2D eigenvalue weighted by Gasteiger charge is -2.32. The third kappa shape index (κ3) is 16.4. The van der Waals surface area contributed by atoms with Crippen molar-refractivity contribution >= 4 is 22.5 Å². The lowest BCUT2D eigenvalue weighted by Crippen LogP contribution is -2.47. The van der Waals surface area contributed by atoms with Gasteiger partial charge in [0.25, 0.3) is 0 Å². The summed E-state index contributed by atoms with van der Waals surface area (Å²) in [6, 6.07) is 1.10. The summed E-state index contributed by atoms with van der Waals surface area (Å²) in [7, 11) is 1.14. The van der Waals surface area contributed by atoms with Crippen molar-refractivity contribution in [1.29, 1.82) is 0 Å². The van der Waals surface area contributed by atoms with Crippen LogP contribution in [-0.2, 0) is 13.6 Å².